The third kappa shape index (κ3) is 4.35. The molecule has 2 amide bonds. The van der Waals surface area contributed by atoms with Crippen molar-refractivity contribution in [3.63, 3.8) is 0 Å². The first-order valence-electron chi connectivity index (χ1n) is 5.98. The van der Waals surface area contributed by atoms with Gasteiger partial charge in [-0.2, -0.15) is 0 Å². The number of hydrogen-bond donors (Lipinski definition) is 2. The van der Waals surface area contributed by atoms with Crippen molar-refractivity contribution >= 4 is 17.8 Å². The van der Waals surface area contributed by atoms with Crippen molar-refractivity contribution in [2.75, 3.05) is 7.05 Å². The van der Waals surface area contributed by atoms with E-state index in [1.54, 1.807) is 20.8 Å². The Morgan fingerprint density at radius 1 is 1.28 bits per heavy atom. The van der Waals surface area contributed by atoms with Gasteiger partial charge in [0.05, 0.1) is 0 Å². The van der Waals surface area contributed by atoms with Crippen LogP contribution in [0.25, 0.3) is 0 Å². The highest BCUT2D eigenvalue weighted by Gasteiger charge is 2.31. The number of aliphatic carboxylic acids is 1. The summed E-state index contributed by atoms with van der Waals surface area (Å²) in [5, 5.41) is 11.6. The Bertz CT molecular complexity index is 328. The summed E-state index contributed by atoms with van der Waals surface area (Å²) in [4.78, 5) is 35.4. The van der Waals surface area contributed by atoms with Crippen molar-refractivity contribution in [3.8, 4) is 0 Å². The number of carboxylic acids is 1. The van der Waals surface area contributed by atoms with E-state index in [1.807, 2.05) is 0 Å². The van der Waals surface area contributed by atoms with E-state index in [0.717, 1.165) is 0 Å². The Morgan fingerprint density at radius 3 is 2.06 bits per heavy atom. The molecule has 0 aliphatic heterocycles. The van der Waals surface area contributed by atoms with Gasteiger partial charge in [-0.3, -0.25) is 9.59 Å². The lowest BCUT2D eigenvalue weighted by Gasteiger charge is -2.30. The van der Waals surface area contributed by atoms with E-state index < -0.39 is 18.1 Å². The van der Waals surface area contributed by atoms with Gasteiger partial charge < -0.3 is 15.3 Å². The molecule has 0 radical (unpaired) electrons. The predicted molar refractivity (Wildman–Crippen MR) is 66.9 cm³/mol. The van der Waals surface area contributed by atoms with Gasteiger partial charge in [0.25, 0.3) is 0 Å². The molecule has 0 fully saturated rings. The van der Waals surface area contributed by atoms with Crippen LogP contribution in [0, 0.1) is 5.92 Å². The first kappa shape index (κ1) is 16.4. The third-order valence-electron chi connectivity index (χ3n) is 2.78. The minimum atomic E-state index is -1.04. The standard InChI is InChI=1S/C12H22N2O4/c1-6-9(12(17)18)14(5)11(16)10(7(2)3)13-8(4)15/h7,9-10H,6H2,1-5H3,(H,13,15)(H,17,18). The Morgan fingerprint density at radius 2 is 1.78 bits per heavy atom. The molecule has 0 heterocycles. The van der Waals surface area contributed by atoms with Crippen molar-refractivity contribution in [3.05, 3.63) is 0 Å². The van der Waals surface area contributed by atoms with Gasteiger partial charge in [0, 0.05) is 14.0 Å². The minimum Gasteiger partial charge on any atom is -0.480 e. The SMILES string of the molecule is CCC(C(=O)O)N(C)C(=O)C(NC(C)=O)C(C)C. The zero-order valence-corrected chi connectivity index (χ0v) is 11.6. The molecule has 0 aliphatic carbocycles. The molecule has 104 valence electrons. The molecular weight excluding hydrogens is 236 g/mol. The van der Waals surface area contributed by atoms with Gasteiger partial charge in [-0.15, -0.1) is 0 Å². The van der Waals surface area contributed by atoms with Crippen molar-refractivity contribution in [2.45, 2.75) is 46.2 Å². The summed E-state index contributed by atoms with van der Waals surface area (Å²) in [5.41, 5.74) is 0. The number of nitrogens with one attached hydrogen (secondary N) is 1. The summed E-state index contributed by atoms with van der Waals surface area (Å²) < 4.78 is 0. The van der Waals surface area contributed by atoms with E-state index >= 15 is 0 Å². The maximum atomic E-state index is 12.2. The van der Waals surface area contributed by atoms with E-state index in [0.29, 0.717) is 6.42 Å². The predicted octanol–water partition coefficient (Wildman–Crippen LogP) is 0.469. The van der Waals surface area contributed by atoms with Crippen molar-refractivity contribution in [1.82, 2.24) is 10.2 Å². The van der Waals surface area contributed by atoms with Crippen LogP contribution in [0.15, 0.2) is 0 Å². The van der Waals surface area contributed by atoms with Crippen LogP contribution in [0.5, 0.6) is 0 Å². The number of carbonyl (C=O) groups is 3. The van der Waals surface area contributed by atoms with Gasteiger partial charge in [-0.1, -0.05) is 20.8 Å². The number of nitrogens with zero attached hydrogens (tertiary/aromatic N) is 1. The number of rotatable bonds is 6. The quantitative estimate of drug-likeness (QED) is 0.725. The normalized spacial score (nSPS) is 13.9. The highest BCUT2D eigenvalue weighted by Crippen LogP contribution is 2.10. The number of amides is 2. The second kappa shape index (κ2) is 6.98. The van der Waals surface area contributed by atoms with E-state index in [-0.39, 0.29) is 17.7 Å². The molecule has 0 saturated heterocycles. The van der Waals surface area contributed by atoms with Crippen LogP contribution in [-0.4, -0.2) is 46.9 Å². The van der Waals surface area contributed by atoms with Crippen LogP contribution in [-0.2, 0) is 14.4 Å². The molecule has 0 bridgehead atoms. The molecule has 0 aliphatic rings. The summed E-state index contributed by atoms with van der Waals surface area (Å²) >= 11 is 0. The zero-order chi connectivity index (χ0) is 14.5. The monoisotopic (exact) mass is 258 g/mol. The zero-order valence-electron chi connectivity index (χ0n) is 11.6. The van der Waals surface area contributed by atoms with Crippen LogP contribution >= 0.6 is 0 Å². The Hall–Kier alpha value is -1.59. The fourth-order valence-corrected chi connectivity index (χ4v) is 1.72. The largest absolute Gasteiger partial charge is 0.480 e. The van der Waals surface area contributed by atoms with Crippen LogP contribution in [0.2, 0.25) is 0 Å². The highest BCUT2D eigenvalue weighted by molar-refractivity contribution is 5.90. The molecule has 0 spiro atoms. The summed E-state index contributed by atoms with van der Waals surface area (Å²) in [6.45, 7) is 6.63. The highest BCUT2D eigenvalue weighted by atomic mass is 16.4. The molecule has 0 rings (SSSR count). The van der Waals surface area contributed by atoms with Crippen LogP contribution in [0.4, 0.5) is 0 Å². The first-order valence-corrected chi connectivity index (χ1v) is 5.98. The first-order chi connectivity index (χ1) is 8.22. The second-order valence-electron chi connectivity index (χ2n) is 4.63. The minimum absolute atomic E-state index is 0.102. The molecule has 0 aromatic carbocycles. The lowest BCUT2D eigenvalue weighted by molar-refractivity contribution is -0.150. The molecule has 0 aromatic heterocycles. The lowest BCUT2D eigenvalue weighted by Crippen LogP contribution is -2.53. The number of likely N-dealkylation sites (N-methyl/N-ethyl adjacent to an activating group) is 1. The summed E-state index contributed by atoms with van der Waals surface area (Å²) in [5.74, 6) is -1.83. The van der Waals surface area contributed by atoms with E-state index in [9.17, 15) is 14.4 Å². The fraction of sp³-hybridized carbons (Fsp3) is 0.750. The molecule has 2 N–H and O–H groups in total. The number of carboxylic acid groups (broad SMARTS) is 1. The van der Waals surface area contributed by atoms with Crippen molar-refractivity contribution in [1.29, 1.82) is 0 Å². The lowest BCUT2D eigenvalue weighted by atomic mass is 10.0. The van der Waals surface area contributed by atoms with E-state index in [4.69, 9.17) is 5.11 Å². The third-order valence-corrected chi connectivity index (χ3v) is 2.78. The molecule has 6 heteroatoms. The van der Waals surface area contributed by atoms with Crippen molar-refractivity contribution < 1.29 is 19.5 Å². The average molecular weight is 258 g/mol. The molecule has 2 atom stereocenters. The van der Waals surface area contributed by atoms with E-state index in [1.165, 1.54) is 18.9 Å². The van der Waals surface area contributed by atoms with Gasteiger partial charge in [0.15, 0.2) is 0 Å². The van der Waals surface area contributed by atoms with Crippen LogP contribution in [0.3, 0.4) is 0 Å². The Kier molecular flexibility index (Phi) is 6.36. The Balaban J connectivity index is 4.96. The molecule has 6 nitrogen and oxygen atoms in total. The molecule has 18 heavy (non-hydrogen) atoms. The molecule has 2 unspecified atom stereocenters. The summed E-state index contributed by atoms with van der Waals surface area (Å²) in [7, 11) is 1.45. The van der Waals surface area contributed by atoms with Gasteiger partial charge >= 0.3 is 5.97 Å². The van der Waals surface area contributed by atoms with Gasteiger partial charge in [-0.25, -0.2) is 4.79 Å². The maximum Gasteiger partial charge on any atom is 0.326 e. The molecule has 0 aromatic rings. The van der Waals surface area contributed by atoms with E-state index in [2.05, 4.69) is 5.32 Å². The van der Waals surface area contributed by atoms with Gasteiger partial charge in [-0.05, 0) is 12.3 Å². The summed E-state index contributed by atoms with van der Waals surface area (Å²) in [6, 6.07) is -1.56. The summed E-state index contributed by atoms with van der Waals surface area (Å²) in [6.07, 6.45) is 0.322. The Labute approximate surface area is 107 Å². The second-order valence-corrected chi connectivity index (χ2v) is 4.63. The fourth-order valence-electron chi connectivity index (χ4n) is 1.72. The van der Waals surface area contributed by atoms with Gasteiger partial charge in [0.2, 0.25) is 11.8 Å². The topological polar surface area (TPSA) is 86.7 Å². The van der Waals surface area contributed by atoms with Crippen LogP contribution < -0.4 is 5.32 Å². The molecular formula is C12H22N2O4. The van der Waals surface area contributed by atoms with Crippen molar-refractivity contribution in [2.24, 2.45) is 5.92 Å². The number of hydrogen-bond acceptors (Lipinski definition) is 3. The van der Waals surface area contributed by atoms with Gasteiger partial charge in [0.1, 0.15) is 12.1 Å². The average Bonchev–Trinajstić information content (AvgIpc) is 2.24. The van der Waals surface area contributed by atoms with Crippen LogP contribution in [0.1, 0.15) is 34.1 Å². The number of carbonyl (C=O) groups excluding carboxylic acids is 2. The smallest absolute Gasteiger partial charge is 0.326 e. The maximum absolute atomic E-state index is 12.2. The molecule has 0 saturated carbocycles.